The van der Waals surface area contributed by atoms with Gasteiger partial charge >= 0.3 is 0 Å². The molecule has 5 heteroatoms. The number of ether oxygens (including phenoxy) is 1. The van der Waals surface area contributed by atoms with Crippen LogP contribution in [0.15, 0.2) is 58.1 Å². The average Bonchev–Trinajstić information content (AvgIpc) is 2.58. The first-order valence-electron chi connectivity index (χ1n) is 7.83. The van der Waals surface area contributed by atoms with Crippen LogP contribution in [0.1, 0.15) is 30.9 Å². The largest absolute Gasteiger partial charge is 0.483 e. The number of amides is 1. The fraction of sp³-hybridized carbons (Fsp3) is 0.263. The van der Waals surface area contributed by atoms with Crippen molar-refractivity contribution in [1.29, 1.82) is 0 Å². The molecule has 0 unspecified atom stereocenters. The van der Waals surface area contributed by atoms with E-state index in [0.29, 0.717) is 18.1 Å². The first-order chi connectivity index (χ1) is 11.6. The molecule has 0 bridgehead atoms. The smallest absolute Gasteiger partial charge is 0.277 e. The van der Waals surface area contributed by atoms with E-state index in [1.807, 2.05) is 48.5 Å². The zero-order valence-corrected chi connectivity index (χ0v) is 15.4. The van der Waals surface area contributed by atoms with Crippen LogP contribution in [0.3, 0.4) is 0 Å². The van der Waals surface area contributed by atoms with E-state index in [4.69, 9.17) is 4.74 Å². The lowest BCUT2D eigenvalue weighted by Gasteiger charge is -2.10. The summed E-state index contributed by atoms with van der Waals surface area (Å²) >= 11 is 3.47. The lowest BCUT2D eigenvalue weighted by Crippen LogP contribution is -2.24. The third-order valence-electron chi connectivity index (χ3n) is 3.43. The highest BCUT2D eigenvalue weighted by Gasteiger charge is 2.07. The lowest BCUT2D eigenvalue weighted by atomic mass is 10.0. The van der Waals surface area contributed by atoms with E-state index in [1.165, 1.54) is 5.56 Å². The van der Waals surface area contributed by atoms with E-state index in [1.54, 1.807) is 6.21 Å². The number of carbonyl (C=O) groups is 1. The summed E-state index contributed by atoms with van der Waals surface area (Å²) in [6, 6.07) is 15.8. The summed E-state index contributed by atoms with van der Waals surface area (Å²) in [4.78, 5) is 11.7. The van der Waals surface area contributed by atoms with E-state index in [2.05, 4.69) is 40.3 Å². The predicted octanol–water partition coefficient (Wildman–Crippen LogP) is 4.30. The second-order valence-corrected chi connectivity index (χ2v) is 6.52. The second kappa shape index (κ2) is 9.23. The topological polar surface area (TPSA) is 50.7 Å². The van der Waals surface area contributed by atoms with E-state index in [0.717, 1.165) is 10.0 Å². The van der Waals surface area contributed by atoms with Crippen LogP contribution in [0.5, 0.6) is 5.75 Å². The van der Waals surface area contributed by atoms with E-state index >= 15 is 0 Å². The number of nitrogens with one attached hydrogen (secondary N) is 1. The van der Waals surface area contributed by atoms with Crippen molar-refractivity contribution in [2.45, 2.75) is 26.2 Å². The molecule has 4 nitrogen and oxygen atoms in total. The first kappa shape index (κ1) is 18.2. The van der Waals surface area contributed by atoms with Gasteiger partial charge in [0.2, 0.25) is 0 Å². The maximum atomic E-state index is 11.7. The molecule has 126 valence electrons. The van der Waals surface area contributed by atoms with Crippen LogP contribution < -0.4 is 10.2 Å². The third kappa shape index (κ3) is 5.81. The number of hydrogen-bond acceptors (Lipinski definition) is 3. The van der Waals surface area contributed by atoms with E-state index in [9.17, 15) is 4.79 Å². The molecule has 0 saturated carbocycles. The van der Waals surface area contributed by atoms with Crippen LogP contribution in [-0.4, -0.2) is 18.7 Å². The fourth-order valence-electron chi connectivity index (χ4n) is 2.05. The standard InChI is InChI=1S/C19H21BrN2O2/c1-14(2)16-8-9-18(17(20)12-16)24-13-19(23)22-21-11-10-15-6-4-3-5-7-15/h3-9,11-12,14H,10,13H2,1-2H3,(H,22,23)/b21-11+. The Hall–Kier alpha value is -2.14. The Morgan fingerprint density at radius 3 is 2.67 bits per heavy atom. The highest BCUT2D eigenvalue weighted by Crippen LogP contribution is 2.28. The van der Waals surface area contributed by atoms with E-state index in [-0.39, 0.29) is 12.5 Å². The molecule has 2 aromatic carbocycles. The molecule has 0 heterocycles. The number of benzene rings is 2. The average molecular weight is 389 g/mol. The Kier molecular flexibility index (Phi) is 7.00. The van der Waals surface area contributed by atoms with Crippen LogP contribution in [-0.2, 0) is 11.2 Å². The molecule has 0 radical (unpaired) electrons. The van der Waals surface area contributed by atoms with Crippen molar-refractivity contribution in [3.8, 4) is 5.75 Å². The van der Waals surface area contributed by atoms with Crippen molar-refractivity contribution in [1.82, 2.24) is 5.43 Å². The molecule has 0 spiro atoms. The van der Waals surface area contributed by atoms with Gasteiger partial charge in [-0.05, 0) is 45.1 Å². The summed E-state index contributed by atoms with van der Waals surface area (Å²) < 4.78 is 6.36. The Balaban J connectivity index is 1.77. The van der Waals surface area contributed by atoms with Gasteiger partial charge in [0.1, 0.15) is 5.75 Å². The first-order valence-corrected chi connectivity index (χ1v) is 8.62. The van der Waals surface area contributed by atoms with Crippen LogP contribution in [0.4, 0.5) is 0 Å². The molecule has 2 rings (SSSR count). The Labute approximate surface area is 151 Å². The molecule has 0 aliphatic heterocycles. The molecule has 0 atom stereocenters. The van der Waals surface area contributed by atoms with Gasteiger partial charge in [-0.1, -0.05) is 50.2 Å². The van der Waals surface area contributed by atoms with Crippen molar-refractivity contribution in [2.75, 3.05) is 6.61 Å². The normalized spacial score (nSPS) is 11.0. The van der Waals surface area contributed by atoms with Gasteiger partial charge < -0.3 is 4.74 Å². The second-order valence-electron chi connectivity index (χ2n) is 5.67. The molecule has 0 saturated heterocycles. The minimum absolute atomic E-state index is 0.0810. The van der Waals surface area contributed by atoms with Crippen LogP contribution in [0.25, 0.3) is 0 Å². The summed E-state index contributed by atoms with van der Waals surface area (Å²) in [5.41, 5.74) is 4.81. The molecule has 0 aliphatic rings. The van der Waals surface area contributed by atoms with Gasteiger partial charge in [-0.15, -0.1) is 0 Å². The van der Waals surface area contributed by atoms with Crippen molar-refractivity contribution in [3.63, 3.8) is 0 Å². The number of nitrogens with zero attached hydrogens (tertiary/aromatic N) is 1. The summed E-state index contributed by atoms with van der Waals surface area (Å²) in [5.74, 6) is 0.791. The summed E-state index contributed by atoms with van der Waals surface area (Å²) in [6.45, 7) is 4.18. The lowest BCUT2D eigenvalue weighted by molar-refractivity contribution is -0.123. The minimum atomic E-state index is -0.292. The molecule has 0 aromatic heterocycles. The van der Waals surface area contributed by atoms with Crippen LogP contribution in [0, 0.1) is 0 Å². The summed E-state index contributed by atoms with van der Waals surface area (Å²) in [6.07, 6.45) is 2.34. The van der Waals surface area contributed by atoms with Gasteiger partial charge in [-0.2, -0.15) is 5.10 Å². The molecular weight excluding hydrogens is 368 g/mol. The highest BCUT2D eigenvalue weighted by atomic mass is 79.9. The molecule has 1 N–H and O–H groups in total. The highest BCUT2D eigenvalue weighted by molar-refractivity contribution is 9.10. The van der Waals surface area contributed by atoms with E-state index < -0.39 is 0 Å². The van der Waals surface area contributed by atoms with Crippen molar-refractivity contribution < 1.29 is 9.53 Å². The maximum absolute atomic E-state index is 11.7. The number of hydrazone groups is 1. The maximum Gasteiger partial charge on any atom is 0.277 e. The summed E-state index contributed by atoms with van der Waals surface area (Å²) in [7, 11) is 0. The SMILES string of the molecule is CC(C)c1ccc(OCC(=O)N/N=C/Cc2ccccc2)c(Br)c1. The Morgan fingerprint density at radius 1 is 1.25 bits per heavy atom. The number of halogens is 1. The molecular formula is C19H21BrN2O2. The molecule has 2 aromatic rings. The molecule has 1 amide bonds. The monoisotopic (exact) mass is 388 g/mol. The third-order valence-corrected chi connectivity index (χ3v) is 4.05. The Morgan fingerprint density at radius 2 is 2.00 bits per heavy atom. The number of carbonyl (C=O) groups excluding carboxylic acids is 1. The zero-order valence-electron chi connectivity index (χ0n) is 13.8. The van der Waals surface area contributed by atoms with Crippen molar-refractivity contribution in [2.24, 2.45) is 5.10 Å². The van der Waals surface area contributed by atoms with Gasteiger partial charge in [0, 0.05) is 12.6 Å². The summed E-state index contributed by atoms with van der Waals surface area (Å²) in [5, 5.41) is 3.92. The quantitative estimate of drug-likeness (QED) is 0.567. The van der Waals surface area contributed by atoms with Crippen molar-refractivity contribution in [3.05, 3.63) is 64.1 Å². The number of hydrogen-bond donors (Lipinski definition) is 1. The fourth-order valence-corrected chi connectivity index (χ4v) is 2.56. The van der Waals surface area contributed by atoms with Crippen molar-refractivity contribution >= 4 is 28.1 Å². The number of rotatable bonds is 7. The molecule has 0 fully saturated rings. The van der Waals surface area contributed by atoms with Crippen LogP contribution in [0.2, 0.25) is 0 Å². The molecule has 24 heavy (non-hydrogen) atoms. The molecule has 0 aliphatic carbocycles. The zero-order chi connectivity index (χ0) is 17.4. The van der Waals surface area contributed by atoms with Gasteiger partial charge in [0.25, 0.3) is 5.91 Å². The van der Waals surface area contributed by atoms with Gasteiger partial charge in [0.15, 0.2) is 6.61 Å². The minimum Gasteiger partial charge on any atom is -0.483 e. The predicted molar refractivity (Wildman–Crippen MR) is 101 cm³/mol. The van der Waals surface area contributed by atoms with Gasteiger partial charge in [-0.3, -0.25) is 4.79 Å². The van der Waals surface area contributed by atoms with Gasteiger partial charge in [0.05, 0.1) is 4.47 Å². The van der Waals surface area contributed by atoms with Crippen LogP contribution >= 0.6 is 15.9 Å². The van der Waals surface area contributed by atoms with Gasteiger partial charge in [-0.25, -0.2) is 5.43 Å². The Bertz CT molecular complexity index is 700.